The number of carbonyl (C=O) groups excluding carboxylic acids is 1. The summed E-state index contributed by atoms with van der Waals surface area (Å²) < 4.78 is 40.7. The molecule has 1 N–H and O–H groups in total. The first-order chi connectivity index (χ1) is 13.8. The van der Waals surface area contributed by atoms with Gasteiger partial charge in [0.15, 0.2) is 11.0 Å². The molecule has 2 aromatic carbocycles. The van der Waals surface area contributed by atoms with Crippen LogP contribution in [-0.2, 0) is 17.5 Å². The van der Waals surface area contributed by atoms with E-state index in [0.29, 0.717) is 17.5 Å². The maximum atomic E-state index is 12.9. The number of alkyl halides is 3. The smallest absolute Gasteiger partial charge is 0.325 e. The fraction of sp³-hybridized carbons (Fsp3) is 0.211. The monoisotopic (exact) mass is 440 g/mol. The zero-order valence-corrected chi connectivity index (χ0v) is 16.8. The molecule has 5 nitrogen and oxygen atoms in total. The third kappa shape index (κ3) is 5.10. The number of halogens is 4. The van der Waals surface area contributed by atoms with Crippen molar-refractivity contribution in [3.63, 3.8) is 0 Å². The normalized spacial score (nSPS) is 11.5. The average Bonchev–Trinajstić information content (AvgIpc) is 3.10. The minimum absolute atomic E-state index is 0.0225. The largest absolute Gasteiger partial charge is 0.417 e. The lowest BCUT2D eigenvalue weighted by Crippen LogP contribution is -2.15. The number of rotatable bonds is 6. The Labute approximate surface area is 174 Å². The Bertz CT molecular complexity index is 1010. The average molecular weight is 441 g/mol. The van der Waals surface area contributed by atoms with Crippen LogP contribution in [0.5, 0.6) is 0 Å². The van der Waals surface area contributed by atoms with E-state index < -0.39 is 22.7 Å². The molecular weight excluding hydrogens is 425 g/mol. The van der Waals surface area contributed by atoms with E-state index in [-0.39, 0.29) is 11.4 Å². The van der Waals surface area contributed by atoms with Gasteiger partial charge in [-0.15, -0.1) is 10.2 Å². The van der Waals surface area contributed by atoms with Crippen LogP contribution < -0.4 is 5.32 Å². The summed E-state index contributed by atoms with van der Waals surface area (Å²) in [5.74, 6) is 0.192. The molecule has 29 heavy (non-hydrogen) atoms. The van der Waals surface area contributed by atoms with Gasteiger partial charge in [0, 0.05) is 17.8 Å². The third-order valence-electron chi connectivity index (χ3n) is 3.95. The second kappa shape index (κ2) is 8.87. The van der Waals surface area contributed by atoms with Crippen molar-refractivity contribution in [1.82, 2.24) is 14.8 Å². The molecule has 0 radical (unpaired) electrons. The predicted molar refractivity (Wildman–Crippen MR) is 107 cm³/mol. The van der Waals surface area contributed by atoms with E-state index in [1.807, 2.05) is 41.8 Å². The summed E-state index contributed by atoms with van der Waals surface area (Å²) in [6.45, 7) is 2.54. The Kier molecular flexibility index (Phi) is 6.49. The van der Waals surface area contributed by atoms with E-state index in [2.05, 4.69) is 15.5 Å². The zero-order chi connectivity index (χ0) is 21.0. The molecule has 0 saturated carbocycles. The standard InChI is InChI=1S/C19H16ClF3N4OS/c1-2-27-17(12-6-4-3-5-7-12)25-26-18(27)29-11-16(28)24-13-8-9-15(20)14(10-13)19(21,22)23/h3-10H,2,11H2,1H3,(H,24,28). The van der Waals surface area contributed by atoms with E-state index in [0.717, 1.165) is 29.5 Å². The molecule has 0 atom stereocenters. The number of carbonyl (C=O) groups is 1. The Morgan fingerprint density at radius 2 is 1.90 bits per heavy atom. The molecule has 0 aliphatic carbocycles. The van der Waals surface area contributed by atoms with Gasteiger partial charge in [0.05, 0.1) is 16.3 Å². The summed E-state index contributed by atoms with van der Waals surface area (Å²) in [7, 11) is 0. The first-order valence-corrected chi connectivity index (χ1v) is 9.94. The highest BCUT2D eigenvalue weighted by Crippen LogP contribution is 2.36. The van der Waals surface area contributed by atoms with Gasteiger partial charge in [-0.1, -0.05) is 53.7 Å². The van der Waals surface area contributed by atoms with Crippen LogP contribution in [0.2, 0.25) is 5.02 Å². The fourth-order valence-corrected chi connectivity index (χ4v) is 3.66. The van der Waals surface area contributed by atoms with Gasteiger partial charge in [-0.25, -0.2) is 0 Å². The molecular formula is C19H16ClF3N4OS. The number of anilines is 1. The van der Waals surface area contributed by atoms with Crippen molar-refractivity contribution in [1.29, 1.82) is 0 Å². The van der Waals surface area contributed by atoms with Crippen LogP contribution in [0.25, 0.3) is 11.4 Å². The Morgan fingerprint density at radius 3 is 2.55 bits per heavy atom. The van der Waals surface area contributed by atoms with Gasteiger partial charge in [0.25, 0.3) is 0 Å². The van der Waals surface area contributed by atoms with Crippen molar-refractivity contribution in [3.05, 3.63) is 59.1 Å². The van der Waals surface area contributed by atoms with Crippen molar-refractivity contribution < 1.29 is 18.0 Å². The number of nitrogens with one attached hydrogen (secondary N) is 1. The molecule has 0 aliphatic rings. The SMILES string of the molecule is CCn1c(SCC(=O)Nc2ccc(Cl)c(C(F)(F)F)c2)nnc1-c1ccccc1. The molecule has 0 unspecified atom stereocenters. The van der Waals surface area contributed by atoms with E-state index in [9.17, 15) is 18.0 Å². The number of aromatic nitrogens is 3. The van der Waals surface area contributed by atoms with Crippen LogP contribution in [0, 0.1) is 0 Å². The lowest BCUT2D eigenvalue weighted by molar-refractivity contribution is -0.137. The molecule has 3 rings (SSSR count). The van der Waals surface area contributed by atoms with Crippen molar-refractivity contribution in [3.8, 4) is 11.4 Å². The number of hydrogen-bond donors (Lipinski definition) is 1. The van der Waals surface area contributed by atoms with Gasteiger partial charge in [-0.3, -0.25) is 4.79 Å². The summed E-state index contributed by atoms with van der Waals surface area (Å²) >= 11 is 6.75. The highest BCUT2D eigenvalue weighted by molar-refractivity contribution is 7.99. The van der Waals surface area contributed by atoms with Gasteiger partial charge in [-0.05, 0) is 25.1 Å². The highest BCUT2D eigenvalue weighted by atomic mass is 35.5. The summed E-state index contributed by atoms with van der Waals surface area (Å²) in [5.41, 5.74) is -0.0731. The van der Waals surface area contributed by atoms with Crippen LogP contribution >= 0.6 is 23.4 Å². The first kappa shape index (κ1) is 21.2. The maximum absolute atomic E-state index is 12.9. The van der Waals surface area contributed by atoms with Crippen molar-refractivity contribution >= 4 is 35.0 Å². The van der Waals surface area contributed by atoms with E-state index in [1.165, 1.54) is 6.07 Å². The molecule has 10 heteroatoms. The van der Waals surface area contributed by atoms with Gasteiger partial charge >= 0.3 is 6.18 Å². The zero-order valence-electron chi connectivity index (χ0n) is 15.2. The Hall–Kier alpha value is -2.52. The van der Waals surface area contributed by atoms with Crippen LogP contribution in [-0.4, -0.2) is 26.4 Å². The van der Waals surface area contributed by atoms with Crippen LogP contribution in [0.15, 0.2) is 53.7 Å². The summed E-state index contributed by atoms with van der Waals surface area (Å²) in [4.78, 5) is 12.2. The van der Waals surface area contributed by atoms with Crippen molar-refractivity contribution in [2.45, 2.75) is 24.8 Å². The fourth-order valence-electron chi connectivity index (χ4n) is 2.63. The van der Waals surface area contributed by atoms with E-state index in [4.69, 9.17) is 11.6 Å². The maximum Gasteiger partial charge on any atom is 0.417 e. The molecule has 1 heterocycles. The van der Waals surface area contributed by atoms with Crippen LogP contribution in [0.4, 0.5) is 18.9 Å². The van der Waals surface area contributed by atoms with Crippen molar-refractivity contribution in [2.24, 2.45) is 0 Å². The van der Waals surface area contributed by atoms with Gasteiger partial charge in [0.1, 0.15) is 0 Å². The lowest BCUT2D eigenvalue weighted by Gasteiger charge is -2.12. The Morgan fingerprint density at radius 1 is 1.17 bits per heavy atom. The molecule has 0 spiro atoms. The van der Waals surface area contributed by atoms with Gasteiger partial charge in [0.2, 0.25) is 5.91 Å². The van der Waals surface area contributed by atoms with Crippen LogP contribution in [0.1, 0.15) is 12.5 Å². The molecule has 152 valence electrons. The second-order valence-corrected chi connectivity index (χ2v) is 7.30. The molecule has 3 aromatic rings. The molecule has 1 amide bonds. The summed E-state index contributed by atoms with van der Waals surface area (Å²) in [6.07, 6.45) is -4.60. The van der Waals surface area contributed by atoms with Gasteiger partial charge < -0.3 is 9.88 Å². The van der Waals surface area contributed by atoms with Crippen LogP contribution in [0.3, 0.4) is 0 Å². The number of hydrogen-bond acceptors (Lipinski definition) is 4. The topological polar surface area (TPSA) is 59.8 Å². The molecule has 1 aromatic heterocycles. The molecule has 0 bridgehead atoms. The van der Waals surface area contributed by atoms with Gasteiger partial charge in [-0.2, -0.15) is 13.2 Å². The minimum Gasteiger partial charge on any atom is -0.325 e. The predicted octanol–water partition coefficient (Wildman–Crippen LogP) is 5.37. The minimum atomic E-state index is -4.60. The highest BCUT2D eigenvalue weighted by Gasteiger charge is 2.33. The molecule has 0 saturated heterocycles. The molecule has 0 fully saturated rings. The molecule has 0 aliphatic heterocycles. The third-order valence-corrected chi connectivity index (χ3v) is 5.25. The summed E-state index contributed by atoms with van der Waals surface area (Å²) in [6, 6.07) is 12.8. The van der Waals surface area contributed by atoms with E-state index >= 15 is 0 Å². The Balaban J connectivity index is 1.68. The number of nitrogens with zero attached hydrogens (tertiary/aromatic N) is 3. The number of amides is 1. The number of thioether (sulfide) groups is 1. The second-order valence-electron chi connectivity index (χ2n) is 5.95. The lowest BCUT2D eigenvalue weighted by atomic mass is 10.2. The van der Waals surface area contributed by atoms with E-state index in [1.54, 1.807) is 0 Å². The quantitative estimate of drug-likeness (QED) is 0.523. The number of benzene rings is 2. The summed E-state index contributed by atoms with van der Waals surface area (Å²) in [5, 5.41) is 10.9. The van der Waals surface area contributed by atoms with Crippen molar-refractivity contribution in [2.75, 3.05) is 11.1 Å². The first-order valence-electron chi connectivity index (χ1n) is 8.57.